The van der Waals surface area contributed by atoms with Gasteiger partial charge in [-0.2, -0.15) is 0 Å². The molecule has 0 aliphatic rings. The van der Waals surface area contributed by atoms with E-state index in [1.54, 1.807) is 0 Å². The van der Waals surface area contributed by atoms with Crippen LogP contribution in [0.3, 0.4) is 0 Å². The third-order valence-corrected chi connectivity index (χ3v) is 1.08. The Kier molecular flexibility index (Phi) is 1.96. The second-order valence-corrected chi connectivity index (χ2v) is 1.81. The summed E-state index contributed by atoms with van der Waals surface area (Å²) in [4.78, 5) is 17.8. The topological polar surface area (TPSA) is 63.1 Å². The van der Waals surface area contributed by atoms with Crippen molar-refractivity contribution in [3.63, 3.8) is 0 Å². The van der Waals surface area contributed by atoms with Gasteiger partial charge in [0.15, 0.2) is 11.5 Å². The molecule has 4 nitrogen and oxygen atoms in total. The van der Waals surface area contributed by atoms with Crippen LogP contribution in [0.1, 0.15) is 16.3 Å². The van der Waals surface area contributed by atoms with Crippen LogP contribution in [0, 0.1) is 0 Å². The zero-order valence-corrected chi connectivity index (χ0v) is 5.69. The molecule has 56 valence electrons. The summed E-state index contributed by atoms with van der Waals surface area (Å²) < 4.78 is 0. The van der Waals surface area contributed by atoms with Crippen LogP contribution in [0.2, 0.25) is 0 Å². The number of carboxylic acids is 1. The Morgan fingerprint density at radius 1 is 1.73 bits per heavy atom. The highest BCUT2D eigenvalue weighted by Crippen LogP contribution is 1.95. The van der Waals surface area contributed by atoms with E-state index in [4.69, 9.17) is 5.11 Å². The fourth-order valence-corrected chi connectivity index (χ4v) is 0.591. The van der Waals surface area contributed by atoms with Crippen molar-refractivity contribution in [2.75, 3.05) is 0 Å². The summed E-state index contributed by atoms with van der Waals surface area (Å²) in [5.41, 5.74) is -0.0186. The van der Waals surface area contributed by atoms with Crippen molar-refractivity contribution in [1.29, 1.82) is 0 Å². The molecule has 1 heterocycles. The van der Waals surface area contributed by atoms with Gasteiger partial charge in [0.1, 0.15) is 0 Å². The molecule has 0 atom stereocenters. The molecule has 1 rings (SSSR count). The monoisotopic (exact) mass is 150 g/mol. The van der Waals surface area contributed by atoms with Gasteiger partial charge >= 0.3 is 5.97 Å². The Morgan fingerprint density at radius 3 is 3.00 bits per heavy atom. The maximum Gasteiger partial charge on any atom is 0.354 e. The Morgan fingerprint density at radius 2 is 2.45 bits per heavy atom. The average molecular weight is 150 g/mol. The first-order valence-corrected chi connectivity index (χ1v) is 2.93. The number of hydrogen-bond donors (Lipinski definition) is 1. The Bertz CT molecular complexity index is 296. The van der Waals surface area contributed by atoms with E-state index in [2.05, 4.69) is 16.5 Å². The predicted molar refractivity (Wildman–Crippen MR) is 39.1 cm³/mol. The third-order valence-electron chi connectivity index (χ3n) is 1.08. The first-order chi connectivity index (χ1) is 5.24. The molecule has 0 amide bonds. The standard InChI is InChI=1S/C7H6N2O2/c1-2-6-8-4-3-5(9-6)7(10)11/h2-4H,1H2,(H,10,11). The molecule has 0 saturated heterocycles. The van der Waals surface area contributed by atoms with Crippen LogP contribution in [0.25, 0.3) is 6.08 Å². The largest absolute Gasteiger partial charge is 0.477 e. The maximum atomic E-state index is 10.3. The van der Waals surface area contributed by atoms with Crippen molar-refractivity contribution < 1.29 is 9.90 Å². The van der Waals surface area contributed by atoms with Crippen molar-refractivity contribution in [3.05, 3.63) is 30.4 Å². The number of nitrogens with zero attached hydrogens (tertiary/aromatic N) is 2. The zero-order valence-electron chi connectivity index (χ0n) is 5.69. The summed E-state index contributed by atoms with van der Waals surface area (Å²) in [6, 6.07) is 1.33. The molecule has 11 heavy (non-hydrogen) atoms. The highest BCUT2D eigenvalue weighted by Gasteiger charge is 2.03. The van der Waals surface area contributed by atoms with Crippen molar-refractivity contribution in [2.24, 2.45) is 0 Å². The maximum absolute atomic E-state index is 10.3. The molecule has 0 aliphatic heterocycles. The second-order valence-electron chi connectivity index (χ2n) is 1.81. The van der Waals surface area contributed by atoms with Crippen LogP contribution < -0.4 is 0 Å². The Hall–Kier alpha value is -1.71. The fraction of sp³-hybridized carbons (Fsp3) is 0. The molecule has 0 radical (unpaired) electrons. The van der Waals surface area contributed by atoms with Crippen molar-refractivity contribution >= 4 is 12.0 Å². The van der Waals surface area contributed by atoms with Crippen molar-refractivity contribution in [3.8, 4) is 0 Å². The Balaban J connectivity index is 3.10. The number of rotatable bonds is 2. The molecule has 1 aromatic rings. The summed E-state index contributed by atoms with van der Waals surface area (Å²) >= 11 is 0. The SMILES string of the molecule is C=Cc1nccc(C(=O)O)n1. The third kappa shape index (κ3) is 1.61. The van der Waals surface area contributed by atoms with Gasteiger partial charge in [-0.3, -0.25) is 0 Å². The lowest BCUT2D eigenvalue weighted by atomic mass is 10.4. The zero-order chi connectivity index (χ0) is 8.27. The normalized spacial score (nSPS) is 9.09. The summed E-state index contributed by atoms with van der Waals surface area (Å²) in [5, 5.41) is 8.48. The van der Waals surface area contributed by atoms with Gasteiger partial charge in [-0.25, -0.2) is 14.8 Å². The van der Waals surface area contributed by atoms with Crippen molar-refractivity contribution in [2.45, 2.75) is 0 Å². The van der Waals surface area contributed by atoms with E-state index < -0.39 is 5.97 Å². The number of carbonyl (C=O) groups is 1. The van der Waals surface area contributed by atoms with E-state index >= 15 is 0 Å². The number of carboxylic acid groups (broad SMARTS) is 1. The van der Waals surface area contributed by atoms with Crippen LogP contribution in [0.4, 0.5) is 0 Å². The second kappa shape index (κ2) is 2.92. The predicted octanol–water partition coefficient (Wildman–Crippen LogP) is 0.818. The molecule has 0 aliphatic carbocycles. The van der Waals surface area contributed by atoms with Crippen LogP contribution in [-0.4, -0.2) is 21.0 Å². The molecule has 0 aromatic carbocycles. The smallest absolute Gasteiger partial charge is 0.354 e. The van der Waals surface area contributed by atoms with E-state index in [1.807, 2.05) is 0 Å². The van der Waals surface area contributed by atoms with Gasteiger partial charge in [-0.05, 0) is 12.1 Å². The minimum Gasteiger partial charge on any atom is -0.477 e. The molecule has 0 unspecified atom stereocenters. The van der Waals surface area contributed by atoms with Crippen LogP contribution in [0.15, 0.2) is 18.8 Å². The molecule has 4 heteroatoms. The molecule has 0 saturated carbocycles. The van der Waals surface area contributed by atoms with Gasteiger partial charge in [0.25, 0.3) is 0 Å². The van der Waals surface area contributed by atoms with Gasteiger partial charge in [0.05, 0.1) is 0 Å². The van der Waals surface area contributed by atoms with Crippen LogP contribution in [-0.2, 0) is 0 Å². The van der Waals surface area contributed by atoms with Gasteiger partial charge < -0.3 is 5.11 Å². The molecular formula is C7H6N2O2. The summed E-state index contributed by atoms with van der Waals surface area (Å²) in [6.07, 6.45) is 2.78. The quantitative estimate of drug-likeness (QED) is 0.677. The first kappa shape index (κ1) is 7.40. The van der Waals surface area contributed by atoms with E-state index in [0.29, 0.717) is 5.82 Å². The molecule has 0 fully saturated rings. The van der Waals surface area contributed by atoms with E-state index in [0.717, 1.165) is 0 Å². The number of aromatic carboxylic acids is 1. The number of hydrogen-bond acceptors (Lipinski definition) is 3. The molecule has 0 spiro atoms. The minimum atomic E-state index is -1.06. The summed E-state index contributed by atoms with van der Waals surface area (Å²) in [5.74, 6) is -0.736. The van der Waals surface area contributed by atoms with E-state index in [1.165, 1.54) is 18.3 Å². The molecule has 0 bridgehead atoms. The van der Waals surface area contributed by atoms with E-state index in [-0.39, 0.29) is 5.69 Å². The Labute approximate surface area is 63.2 Å². The van der Waals surface area contributed by atoms with E-state index in [9.17, 15) is 4.79 Å². The van der Waals surface area contributed by atoms with Crippen LogP contribution >= 0.6 is 0 Å². The summed E-state index contributed by atoms with van der Waals surface area (Å²) in [7, 11) is 0. The first-order valence-electron chi connectivity index (χ1n) is 2.93. The van der Waals surface area contributed by atoms with Gasteiger partial charge in [-0.1, -0.05) is 6.58 Å². The molecule has 1 aromatic heterocycles. The molecule has 1 N–H and O–H groups in total. The summed E-state index contributed by atoms with van der Waals surface area (Å²) in [6.45, 7) is 3.41. The highest BCUT2D eigenvalue weighted by atomic mass is 16.4. The van der Waals surface area contributed by atoms with Gasteiger partial charge in [0, 0.05) is 6.20 Å². The lowest BCUT2D eigenvalue weighted by Crippen LogP contribution is -2.01. The minimum absolute atomic E-state index is 0.0186. The lowest BCUT2D eigenvalue weighted by Gasteiger charge is -1.92. The van der Waals surface area contributed by atoms with Crippen molar-refractivity contribution in [1.82, 2.24) is 9.97 Å². The van der Waals surface area contributed by atoms with Crippen LogP contribution in [0.5, 0.6) is 0 Å². The average Bonchev–Trinajstić information content (AvgIpc) is 2.05. The lowest BCUT2D eigenvalue weighted by molar-refractivity contribution is 0.0690. The van der Waals surface area contributed by atoms with Gasteiger partial charge in [0.2, 0.25) is 0 Å². The molecular weight excluding hydrogens is 144 g/mol. The number of aromatic nitrogens is 2. The highest BCUT2D eigenvalue weighted by molar-refractivity contribution is 5.85. The fourth-order valence-electron chi connectivity index (χ4n) is 0.591. The van der Waals surface area contributed by atoms with Gasteiger partial charge in [-0.15, -0.1) is 0 Å².